The Bertz CT molecular complexity index is 1620. The summed E-state index contributed by atoms with van der Waals surface area (Å²) in [6.07, 6.45) is 0.936. The zero-order valence-corrected chi connectivity index (χ0v) is 26.0. The summed E-state index contributed by atoms with van der Waals surface area (Å²) in [6.45, 7) is 1.82. The van der Waals surface area contributed by atoms with Crippen molar-refractivity contribution in [1.82, 2.24) is 10.2 Å². The summed E-state index contributed by atoms with van der Waals surface area (Å²) in [5, 5.41) is 3.74. The Balaban J connectivity index is 1.78. The van der Waals surface area contributed by atoms with Crippen LogP contribution in [0.15, 0.2) is 114 Å². The van der Waals surface area contributed by atoms with E-state index in [0.29, 0.717) is 34.3 Å². The molecule has 224 valence electrons. The van der Waals surface area contributed by atoms with E-state index >= 15 is 0 Å². The lowest BCUT2D eigenvalue weighted by atomic mass is 10.0. The fraction of sp³-hybridized carbons (Fsp3) is 0.212. The number of sulfonamides is 1. The first-order valence-electron chi connectivity index (χ1n) is 13.9. The lowest BCUT2D eigenvalue weighted by Crippen LogP contribution is -2.53. The third kappa shape index (κ3) is 8.38. The molecule has 0 bridgehead atoms. The van der Waals surface area contributed by atoms with Crippen molar-refractivity contribution in [3.63, 3.8) is 0 Å². The number of amides is 2. The summed E-state index contributed by atoms with van der Waals surface area (Å²) in [6, 6.07) is 29.7. The first-order valence-corrected chi connectivity index (χ1v) is 16.1. The third-order valence-electron chi connectivity index (χ3n) is 6.84. The van der Waals surface area contributed by atoms with Gasteiger partial charge >= 0.3 is 0 Å². The van der Waals surface area contributed by atoms with Crippen LogP contribution in [0.1, 0.15) is 24.5 Å². The minimum absolute atomic E-state index is 0.000819. The molecule has 7 nitrogen and oxygen atoms in total. The maximum atomic E-state index is 14.4. The molecule has 0 aliphatic rings. The van der Waals surface area contributed by atoms with Gasteiger partial charge in [0.05, 0.1) is 10.6 Å². The van der Waals surface area contributed by atoms with Gasteiger partial charge in [0.15, 0.2) is 0 Å². The predicted molar refractivity (Wildman–Crippen MR) is 172 cm³/mol. The van der Waals surface area contributed by atoms with Gasteiger partial charge in [0.25, 0.3) is 10.0 Å². The molecule has 0 aliphatic heterocycles. The SMILES string of the molecule is CCCNC(=O)[C@H](Cc1ccccc1)N(Cc1ccccc1Cl)C(=O)CN(c1ccccc1)S(=O)(=O)c1ccc(Cl)cc1. The Labute approximate surface area is 263 Å². The van der Waals surface area contributed by atoms with Crippen molar-refractivity contribution in [2.24, 2.45) is 0 Å². The quantitative estimate of drug-likeness (QED) is 0.185. The number of para-hydroxylation sites is 1. The largest absolute Gasteiger partial charge is 0.354 e. The molecule has 4 rings (SSSR count). The van der Waals surface area contributed by atoms with Crippen LogP contribution >= 0.6 is 23.2 Å². The van der Waals surface area contributed by atoms with Crippen molar-refractivity contribution < 1.29 is 18.0 Å². The Morgan fingerprint density at radius 1 is 0.814 bits per heavy atom. The predicted octanol–water partition coefficient (Wildman–Crippen LogP) is 6.36. The number of hydrogen-bond acceptors (Lipinski definition) is 4. The minimum atomic E-state index is -4.20. The molecule has 0 fully saturated rings. The van der Waals surface area contributed by atoms with Gasteiger partial charge in [-0.05, 0) is 60.0 Å². The number of benzene rings is 4. The number of carbonyl (C=O) groups excluding carboxylic acids is 2. The van der Waals surface area contributed by atoms with Crippen LogP contribution in [-0.2, 0) is 32.6 Å². The number of nitrogens with zero attached hydrogens (tertiary/aromatic N) is 2. The van der Waals surface area contributed by atoms with Crippen LogP contribution in [0.25, 0.3) is 0 Å². The number of rotatable bonds is 13. The van der Waals surface area contributed by atoms with Crippen LogP contribution in [-0.4, -0.2) is 44.3 Å². The van der Waals surface area contributed by atoms with E-state index in [4.69, 9.17) is 23.2 Å². The normalized spacial score (nSPS) is 11.9. The molecule has 1 N–H and O–H groups in total. The number of nitrogens with one attached hydrogen (secondary N) is 1. The van der Waals surface area contributed by atoms with Gasteiger partial charge in [0, 0.05) is 29.6 Å². The second kappa shape index (κ2) is 15.0. The van der Waals surface area contributed by atoms with Crippen LogP contribution < -0.4 is 9.62 Å². The highest BCUT2D eigenvalue weighted by Gasteiger charge is 2.34. The highest BCUT2D eigenvalue weighted by Crippen LogP contribution is 2.26. The Hall–Kier alpha value is -3.85. The van der Waals surface area contributed by atoms with Gasteiger partial charge in [-0.25, -0.2) is 8.42 Å². The summed E-state index contributed by atoms with van der Waals surface area (Å²) >= 11 is 12.5. The van der Waals surface area contributed by atoms with Gasteiger partial charge < -0.3 is 10.2 Å². The van der Waals surface area contributed by atoms with E-state index in [1.54, 1.807) is 54.6 Å². The zero-order valence-electron chi connectivity index (χ0n) is 23.7. The molecule has 0 heterocycles. The summed E-state index contributed by atoms with van der Waals surface area (Å²) in [5.74, 6) is -0.896. The van der Waals surface area contributed by atoms with Gasteiger partial charge in [0.1, 0.15) is 12.6 Å². The molecule has 1 atom stereocenters. The maximum Gasteiger partial charge on any atom is 0.264 e. The molecule has 10 heteroatoms. The van der Waals surface area contributed by atoms with E-state index in [0.717, 1.165) is 9.87 Å². The van der Waals surface area contributed by atoms with Crippen LogP contribution in [0.2, 0.25) is 10.0 Å². The molecule has 0 aliphatic carbocycles. The summed E-state index contributed by atoms with van der Waals surface area (Å²) in [5.41, 5.74) is 1.79. The molecule has 2 amide bonds. The van der Waals surface area contributed by atoms with Gasteiger partial charge in [-0.15, -0.1) is 0 Å². The van der Waals surface area contributed by atoms with Crippen molar-refractivity contribution in [1.29, 1.82) is 0 Å². The van der Waals surface area contributed by atoms with Crippen LogP contribution in [0.4, 0.5) is 5.69 Å². The zero-order chi connectivity index (χ0) is 30.8. The van der Waals surface area contributed by atoms with Gasteiger partial charge in [-0.2, -0.15) is 0 Å². The lowest BCUT2D eigenvalue weighted by Gasteiger charge is -2.34. The molecule has 0 unspecified atom stereocenters. The third-order valence-corrected chi connectivity index (χ3v) is 9.25. The number of halogens is 2. The molecule has 43 heavy (non-hydrogen) atoms. The van der Waals surface area contributed by atoms with E-state index in [-0.39, 0.29) is 23.8 Å². The van der Waals surface area contributed by atoms with Gasteiger partial charge in [0.2, 0.25) is 11.8 Å². The molecular weight excluding hydrogens is 605 g/mol. The van der Waals surface area contributed by atoms with Crippen LogP contribution in [0.5, 0.6) is 0 Å². The fourth-order valence-electron chi connectivity index (χ4n) is 4.59. The molecule has 0 aromatic heterocycles. The summed E-state index contributed by atoms with van der Waals surface area (Å²) < 4.78 is 29.0. The van der Waals surface area contributed by atoms with Crippen LogP contribution in [0, 0.1) is 0 Å². The average Bonchev–Trinajstić information content (AvgIpc) is 3.02. The molecule has 0 spiro atoms. The summed E-state index contributed by atoms with van der Waals surface area (Å²) in [7, 11) is -4.20. The van der Waals surface area contributed by atoms with Crippen molar-refractivity contribution in [3.05, 3.63) is 130 Å². The van der Waals surface area contributed by atoms with Gasteiger partial charge in [-0.1, -0.05) is 96.9 Å². The molecule has 0 saturated carbocycles. The number of carbonyl (C=O) groups is 2. The van der Waals surface area contributed by atoms with Crippen molar-refractivity contribution in [3.8, 4) is 0 Å². The smallest absolute Gasteiger partial charge is 0.264 e. The first-order chi connectivity index (χ1) is 20.7. The van der Waals surface area contributed by atoms with Crippen molar-refractivity contribution in [2.75, 3.05) is 17.4 Å². The molecule has 0 saturated heterocycles. The number of anilines is 1. The highest BCUT2D eigenvalue weighted by molar-refractivity contribution is 7.92. The standard InChI is InChI=1S/C33H33Cl2N3O4S/c1-2-21-36-33(40)31(22-25-11-5-3-6-12-25)37(23-26-13-9-10-16-30(26)35)32(39)24-38(28-14-7-4-8-15-28)43(41,42)29-19-17-27(34)18-20-29/h3-20,31H,2,21-24H2,1H3,(H,36,40)/t31-/m0/s1. The highest BCUT2D eigenvalue weighted by atomic mass is 35.5. The van der Waals surface area contributed by atoms with E-state index in [1.807, 2.05) is 37.3 Å². The van der Waals surface area contributed by atoms with Crippen molar-refractivity contribution >= 4 is 50.7 Å². The van der Waals surface area contributed by atoms with E-state index < -0.39 is 28.5 Å². The molecule has 0 radical (unpaired) electrons. The fourth-order valence-corrected chi connectivity index (χ4v) is 6.32. The molecular formula is C33H33Cl2N3O4S. The van der Waals surface area contributed by atoms with Crippen molar-refractivity contribution in [2.45, 2.75) is 37.2 Å². The Morgan fingerprint density at radius 3 is 2.05 bits per heavy atom. The summed E-state index contributed by atoms with van der Waals surface area (Å²) in [4.78, 5) is 29.4. The first kappa shape index (κ1) is 32.1. The van der Waals surface area contributed by atoms with Gasteiger partial charge in [-0.3, -0.25) is 13.9 Å². The lowest BCUT2D eigenvalue weighted by molar-refractivity contribution is -0.140. The Morgan fingerprint density at radius 2 is 1.42 bits per heavy atom. The molecule has 4 aromatic carbocycles. The minimum Gasteiger partial charge on any atom is -0.354 e. The van der Waals surface area contributed by atoms with E-state index in [9.17, 15) is 18.0 Å². The number of hydrogen-bond donors (Lipinski definition) is 1. The topological polar surface area (TPSA) is 86.8 Å². The Kier molecular flexibility index (Phi) is 11.2. The average molecular weight is 639 g/mol. The second-order valence-corrected chi connectivity index (χ2v) is 12.6. The molecule has 4 aromatic rings. The van der Waals surface area contributed by atoms with E-state index in [1.165, 1.54) is 29.2 Å². The monoisotopic (exact) mass is 637 g/mol. The van der Waals surface area contributed by atoms with E-state index in [2.05, 4.69) is 5.32 Å². The second-order valence-electron chi connectivity index (χ2n) is 9.91. The van der Waals surface area contributed by atoms with Crippen LogP contribution in [0.3, 0.4) is 0 Å². The maximum absolute atomic E-state index is 14.4.